The second-order valence-electron chi connectivity index (χ2n) is 6.03. The second-order valence-corrected chi connectivity index (χ2v) is 6.03. The number of amidine groups is 1. The summed E-state index contributed by atoms with van der Waals surface area (Å²) in [5.74, 6) is 0.996. The lowest BCUT2D eigenvalue weighted by atomic mass is 9.94. The molecule has 0 amide bonds. The quantitative estimate of drug-likeness (QED) is 0.657. The molecule has 1 aliphatic carbocycles. The number of nitrogen functional groups attached to an aromatic ring is 1. The average molecular weight is 288 g/mol. The molecule has 2 heterocycles. The van der Waals surface area contributed by atoms with Crippen molar-refractivity contribution < 1.29 is 4.74 Å². The molecule has 21 heavy (non-hydrogen) atoms. The van der Waals surface area contributed by atoms with Crippen molar-refractivity contribution in [1.29, 1.82) is 5.41 Å². The minimum absolute atomic E-state index is 0.116. The SMILES string of the molecule is COC1CCCN(c2nc3c(cc2C(=N)N)CCCC3)C1. The predicted octanol–water partition coefficient (Wildman–Crippen LogP) is 1.86. The van der Waals surface area contributed by atoms with Crippen LogP contribution in [0.15, 0.2) is 6.07 Å². The van der Waals surface area contributed by atoms with Gasteiger partial charge in [0.25, 0.3) is 0 Å². The van der Waals surface area contributed by atoms with Gasteiger partial charge in [-0.1, -0.05) is 0 Å². The van der Waals surface area contributed by atoms with Crippen molar-refractivity contribution in [1.82, 2.24) is 4.98 Å². The van der Waals surface area contributed by atoms with Crippen LogP contribution < -0.4 is 10.6 Å². The van der Waals surface area contributed by atoms with E-state index in [9.17, 15) is 0 Å². The summed E-state index contributed by atoms with van der Waals surface area (Å²) < 4.78 is 5.50. The largest absolute Gasteiger partial charge is 0.384 e. The van der Waals surface area contributed by atoms with Gasteiger partial charge in [0.1, 0.15) is 11.7 Å². The first-order chi connectivity index (χ1) is 10.2. The monoisotopic (exact) mass is 288 g/mol. The number of nitrogens with two attached hydrogens (primary N) is 1. The summed E-state index contributed by atoms with van der Waals surface area (Å²) in [4.78, 5) is 7.12. The minimum atomic E-state index is 0.116. The highest BCUT2D eigenvalue weighted by molar-refractivity contribution is 6.00. The Bertz CT molecular complexity index is 543. The Labute approximate surface area is 126 Å². The molecule has 5 nitrogen and oxygen atoms in total. The van der Waals surface area contributed by atoms with Gasteiger partial charge in [0, 0.05) is 25.9 Å². The van der Waals surface area contributed by atoms with E-state index in [1.54, 1.807) is 7.11 Å². The van der Waals surface area contributed by atoms with Crippen LogP contribution in [0.5, 0.6) is 0 Å². The van der Waals surface area contributed by atoms with Gasteiger partial charge in [0.05, 0.1) is 11.7 Å². The molecule has 1 saturated heterocycles. The molecule has 0 bridgehead atoms. The maximum absolute atomic E-state index is 7.89. The number of methoxy groups -OCH3 is 1. The zero-order chi connectivity index (χ0) is 14.8. The molecular weight excluding hydrogens is 264 g/mol. The first-order valence-corrected chi connectivity index (χ1v) is 7.84. The Morgan fingerprint density at radius 3 is 2.95 bits per heavy atom. The van der Waals surface area contributed by atoms with Crippen molar-refractivity contribution >= 4 is 11.7 Å². The number of nitrogens with one attached hydrogen (secondary N) is 1. The summed E-state index contributed by atoms with van der Waals surface area (Å²) >= 11 is 0. The fraction of sp³-hybridized carbons (Fsp3) is 0.625. The fourth-order valence-electron chi connectivity index (χ4n) is 3.38. The van der Waals surface area contributed by atoms with Crippen LogP contribution in [0.25, 0.3) is 0 Å². The first-order valence-electron chi connectivity index (χ1n) is 7.84. The van der Waals surface area contributed by atoms with Crippen LogP contribution in [0.2, 0.25) is 0 Å². The zero-order valence-corrected chi connectivity index (χ0v) is 12.7. The number of piperidine rings is 1. The van der Waals surface area contributed by atoms with Crippen molar-refractivity contribution in [3.63, 3.8) is 0 Å². The third kappa shape index (κ3) is 2.88. The third-order valence-electron chi connectivity index (χ3n) is 4.58. The van der Waals surface area contributed by atoms with Gasteiger partial charge in [-0.15, -0.1) is 0 Å². The molecule has 0 aromatic carbocycles. The molecule has 1 fully saturated rings. The molecule has 1 atom stereocenters. The molecular formula is C16H24N4O. The lowest BCUT2D eigenvalue weighted by Gasteiger charge is -2.34. The molecule has 3 N–H and O–H groups in total. The van der Waals surface area contributed by atoms with Crippen LogP contribution in [-0.2, 0) is 17.6 Å². The number of fused-ring (bicyclic) bond motifs is 1. The van der Waals surface area contributed by atoms with Crippen LogP contribution in [0.1, 0.15) is 42.5 Å². The van der Waals surface area contributed by atoms with Crippen LogP contribution in [0.4, 0.5) is 5.82 Å². The molecule has 1 aromatic heterocycles. The van der Waals surface area contributed by atoms with E-state index >= 15 is 0 Å². The standard InChI is InChI=1S/C16H24N4O/c1-21-12-6-4-8-20(10-12)16-13(15(17)18)9-11-5-2-3-7-14(11)19-16/h9,12H,2-8,10H2,1H3,(H3,17,18). The highest BCUT2D eigenvalue weighted by Crippen LogP contribution is 2.28. The lowest BCUT2D eigenvalue weighted by molar-refractivity contribution is 0.0891. The van der Waals surface area contributed by atoms with Gasteiger partial charge in [-0.2, -0.15) is 0 Å². The molecule has 0 spiro atoms. The van der Waals surface area contributed by atoms with Gasteiger partial charge in [0.2, 0.25) is 0 Å². The Kier molecular flexibility index (Phi) is 4.10. The molecule has 2 aliphatic rings. The lowest BCUT2D eigenvalue weighted by Crippen LogP contribution is -2.41. The third-order valence-corrected chi connectivity index (χ3v) is 4.58. The molecule has 1 unspecified atom stereocenters. The summed E-state index contributed by atoms with van der Waals surface area (Å²) in [5.41, 5.74) is 9.06. The van der Waals surface area contributed by atoms with Crippen LogP contribution >= 0.6 is 0 Å². The molecule has 114 valence electrons. The molecule has 0 saturated carbocycles. The van der Waals surface area contributed by atoms with Gasteiger partial charge in [-0.3, -0.25) is 5.41 Å². The van der Waals surface area contributed by atoms with Crippen molar-refractivity contribution in [2.45, 2.75) is 44.6 Å². The van der Waals surface area contributed by atoms with E-state index in [4.69, 9.17) is 20.9 Å². The summed E-state index contributed by atoms with van der Waals surface area (Å²) in [7, 11) is 1.76. The molecule has 1 aromatic rings. The van der Waals surface area contributed by atoms with Gasteiger partial charge in [-0.05, 0) is 50.2 Å². The van der Waals surface area contributed by atoms with E-state index in [2.05, 4.69) is 11.0 Å². The van der Waals surface area contributed by atoms with E-state index in [1.165, 1.54) is 24.1 Å². The van der Waals surface area contributed by atoms with Crippen LogP contribution in [-0.4, -0.2) is 37.1 Å². The fourth-order valence-corrected chi connectivity index (χ4v) is 3.38. The smallest absolute Gasteiger partial charge is 0.139 e. The minimum Gasteiger partial charge on any atom is -0.384 e. The first kappa shape index (κ1) is 14.3. The average Bonchev–Trinajstić information content (AvgIpc) is 2.53. The number of pyridine rings is 1. The summed E-state index contributed by atoms with van der Waals surface area (Å²) in [6.07, 6.45) is 6.95. The van der Waals surface area contributed by atoms with E-state index in [1.807, 2.05) is 0 Å². The maximum atomic E-state index is 7.89. The van der Waals surface area contributed by atoms with E-state index in [0.29, 0.717) is 0 Å². The van der Waals surface area contributed by atoms with Gasteiger partial charge < -0.3 is 15.4 Å². The van der Waals surface area contributed by atoms with Crippen molar-refractivity contribution in [3.05, 3.63) is 22.9 Å². The van der Waals surface area contributed by atoms with Gasteiger partial charge >= 0.3 is 0 Å². The number of hydrogen-bond acceptors (Lipinski definition) is 4. The van der Waals surface area contributed by atoms with Crippen molar-refractivity contribution in [2.24, 2.45) is 5.73 Å². The highest BCUT2D eigenvalue weighted by Gasteiger charge is 2.25. The zero-order valence-electron chi connectivity index (χ0n) is 12.7. The number of aromatic nitrogens is 1. The maximum Gasteiger partial charge on any atom is 0.139 e. The Balaban J connectivity index is 1.97. The number of anilines is 1. The normalized spacial score (nSPS) is 22.0. The number of ether oxygens (including phenoxy) is 1. The molecule has 3 rings (SSSR count). The molecule has 5 heteroatoms. The summed E-state index contributed by atoms with van der Waals surface area (Å²) in [5, 5.41) is 7.89. The van der Waals surface area contributed by atoms with E-state index in [0.717, 1.165) is 50.2 Å². The highest BCUT2D eigenvalue weighted by atomic mass is 16.5. The molecule has 1 aliphatic heterocycles. The number of hydrogen-bond donors (Lipinski definition) is 2. The van der Waals surface area contributed by atoms with Gasteiger partial charge in [0.15, 0.2) is 0 Å². The van der Waals surface area contributed by atoms with Crippen molar-refractivity contribution in [3.8, 4) is 0 Å². The Hall–Kier alpha value is -1.62. The summed E-state index contributed by atoms with van der Waals surface area (Å²) in [6.45, 7) is 1.80. The van der Waals surface area contributed by atoms with E-state index < -0.39 is 0 Å². The Morgan fingerprint density at radius 2 is 2.19 bits per heavy atom. The molecule has 0 radical (unpaired) electrons. The number of nitrogens with zero attached hydrogens (tertiary/aromatic N) is 2. The van der Waals surface area contributed by atoms with Crippen molar-refractivity contribution in [2.75, 3.05) is 25.1 Å². The summed E-state index contributed by atoms with van der Waals surface area (Å²) in [6, 6.07) is 2.09. The van der Waals surface area contributed by atoms with Gasteiger partial charge in [-0.25, -0.2) is 4.98 Å². The number of aryl methyl sites for hydroxylation is 2. The topological polar surface area (TPSA) is 75.2 Å². The van der Waals surface area contributed by atoms with E-state index in [-0.39, 0.29) is 11.9 Å². The number of rotatable bonds is 3. The van der Waals surface area contributed by atoms with Crippen LogP contribution in [0.3, 0.4) is 0 Å². The predicted molar refractivity (Wildman–Crippen MR) is 84.1 cm³/mol. The van der Waals surface area contributed by atoms with Crippen LogP contribution in [0, 0.1) is 5.41 Å². The second kappa shape index (κ2) is 6.02. The Morgan fingerprint density at radius 1 is 1.38 bits per heavy atom.